The quantitative estimate of drug-likeness (QED) is 0.521. The highest BCUT2D eigenvalue weighted by molar-refractivity contribution is 5.61. The fraction of sp³-hybridized carbons (Fsp3) is 0.0667. The number of rotatable bonds is 0. The van der Waals surface area contributed by atoms with Gasteiger partial charge in [0, 0.05) is 11.1 Å². The minimum absolute atomic E-state index is 0.769. The second-order valence-corrected chi connectivity index (χ2v) is 3.65. The molecule has 2 aromatic rings. The van der Waals surface area contributed by atoms with Gasteiger partial charge in [0.1, 0.15) is 0 Å². The molecule has 0 aliphatic heterocycles. The van der Waals surface area contributed by atoms with E-state index in [0.29, 0.717) is 0 Å². The molecule has 2 N–H and O–H groups in total. The Labute approximate surface area is 95.9 Å². The standard InChI is InChI=1S/C15H13N/c1-12-6-5-9-14(15(12)16)11-10-13-7-3-2-4-8-13/h2-9H,16H2,1H3. The van der Waals surface area contributed by atoms with E-state index in [1.165, 1.54) is 0 Å². The highest BCUT2D eigenvalue weighted by Gasteiger charge is 1.96. The number of nitrogen functional groups attached to an aromatic ring is 1. The van der Waals surface area contributed by atoms with Crippen LogP contribution in [-0.4, -0.2) is 0 Å². The van der Waals surface area contributed by atoms with Crippen molar-refractivity contribution >= 4 is 5.69 Å². The first-order valence-electron chi connectivity index (χ1n) is 5.19. The van der Waals surface area contributed by atoms with Crippen molar-refractivity contribution in [1.29, 1.82) is 0 Å². The largest absolute Gasteiger partial charge is 0.398 e. The van der Waals surface area contributed by atoms with E-state index in [1.807, 2.05) is 55.5 Å². The van der Waals surface area contributed by atoms with Gasteiger partial charge in [-0.2, -0.15) is 0 Å². The van der Waals surface area contributed by atoms with Crippen LogP contribution in [0.2, 0.25) is 0 Å². The van der Waals surface area contributed by atoms with Crippen molar-refractivity contribution in [2.75, 3.05) is 5.73 Å². The Balaban J connectivity index is 2.35. The average molecular weight is 207 g/mol. The molecule has 0 heterocycles. The van der Waals surface area contributed by atoms with Gasteiger partial charge in [-0.05, 0) is 30.7 Å². The predicted octanol–water partition coefficient (Wildman–Crippen LogP) is 2.98. The van der Waals surface area contributed by atoms with Gasteiger partial charge in [0.2, 0.25) is 0 Å². The first-order valence-corrected chi connectivity index (χ1v) is 5.19. The van der Waals surface area contributed by atoms with Crippen LogP contribution in [0.15, 0.2) is 48.5 Å². The van der Waals surface area contributed by atoms with Gasteiger partial charge in [0.25, 0.3) is 0 Å². The van der Waals surface area contributed by atoms with Gasteiger partial charge in [-0.1, -0.05) is 42.2 Å². The topological polar surface area (TPSA) is 26.0 Å². The maximum Gasteiger partial charge on any atom is 0.0503 e. The summed E-state index contributed by atoms with van der Waals surface area (Å²) in [5, 5.41) is 0. The Morgan fingerprint density at radius 2 is 1.62 bits per heavy atom. The molecule has 1 nitrogen and oxygen atoms in total. The van der Waals surface area contributed by atoms with E-state index in [4.69, 9.17) is 5.73 Å². The van der Waals surface area contributed by atoms with Crippen LogP contribution >= 0.6 is 0 Å². The van der Waals surface area contributed by atoms with Crippen LogP contribution in [0.25, 0.3) is 0 Å². The summed E-state index contributed by atoms with van der Waals surface area (Å²) >= 11 is 0. The normalized spacial score (nSPS) is 9.31. The van der Waals surface area contributed by atoms with E-state index < -0.39 is 0 Å². The van der Waals surface area contributed by atoms with Crippen LogP contribution in [-0.2, 0) is 0 Å². The zero-order valence-corrected chi connectivity index (χ0v) is 9.20. The number of hydrogen-bond acceptors (Lipinski definition) is 1. The highest BCUT2D eigenvalue weighted by Crippen LogP contribution is 2.15. The van der Waals surface area contributed by atoms with E-state index in [0.717, 1.165) is 22.4 Å². The van der Waals surface area contributed by atoms with E-state index in [2.05, 4.69) is 11.8 Å². The van der Waals surface area contributed by atoms with Crippen LogP contribution in [0.1, 0.15) is 16.7 Å². The molecule has 0 radical (unpaired) electrons. The molecular formula is C15H13N. The van der Waals surface area contributed by atoms with Crippen molar-refractivity contribution in [2.24, 2.45) is 0 Å². The van der Waals surface area contributed by atoms with Gasteiger partial charge in [-0.3, -0.25) is 0 Å². The number of hydrogen-bond donors (Lipinski definition) is 1. The molecule has 0 saturated heterocycles. The second kappa shape index (κ2) is 4.55. The molecule has 2 rings (SSSR count). The summed E-state index contributed by atoms with van der Waals surface area (Å²) in [4.78, 5) is 0. The Hall–Kier alpha value is -2.20. The number of nitrogens with two attached hydrogens (primary N) is 1. The predicted molar refractivity (Wildman–Crippen MR) is 68.0 cm³/mol. The minimum Gasteiger partial charge on any atom is -0.398 e. The van der Waals surface area contributed by atoms with Crippen LogP contribution in [0.3, 0.4) is 0 Å². The number of benzene rings is 2. The van der Waals surface area contributed by atoms with E-state index in [-0.39, 0.29) is 0 Å². The summed E-state index contributed by atoms with van der Waals surface area (Å²) in [5.41, 5.74) is 9.68. The fourth-order valence-electron chi connectivity index (χ4n) is 1.45. The maximum atomic E-state index is 5.94. The Kier molecular flexibility index (Phi) is 2.93. The molecule has 0 aliphatic rings. The molecular weight excluding hydrogens is 194 g/mol. The van der Waals surface area contributed by atoms with Gasteiger partial charge in [0.15, 0.2) is 0 Å². The van der Waals surface area contributed by atoms with E-state index in [1.54, 1.807) is 0 Å². The van der Waals surface area contributed by atoms with Gasteiger partial charge in [-0.25, -0.2) is 0 Å². The van der Waals surface area contributed by atoms with Crippen LogP contribution in [0.4, 0.5) is 5.69 Å². The van der Waals surface area contributed by atoms with Crippen LogP contribution in [0, 0.1) is 18.8 Å². The fourth-order valence-corrected chi connectivity index (χ4v) is 1.45. The molecule has 78 valence electrons. The smallest absolute Gasteiger partial charge is 0.0503 e. The molecule has 0 spiro atoms. The Morgan fingerprint density at radius 3 is 2.38 bits per heavy atom. The molecule has 0 atom stereocenters. The van der Waals surface area contributed by atoms with Crippen molar-refractivity contribution in [3.63, 3.8) is 0 Å². The molecule has 16 heavy (non-hydrogen) atoms. The number of para-hydroxylation sites is 1. The summed E-state index contributed by atoms with van der Waals surface area (Å²) in [6, 6.07) is 15.8. The lowest BCUT2D eigenvalue weighted by atomic mass is 10.1. The minimum atomic E-state index is 0.769. The van der Waals surface area contributed by atoms with Gasteiger partial charge in [-0.15, -0.1) is 0 Å². The Bertz CT molecular complexity index is 545. The highest BCUT2D eigenvalue weighted by atomic mass is 14.6. The second-order valence-electron chi connectivity index (χ2n) is 3.65. The van der Waals surface area contributed by atoms with Gasteiger partial charge in [0.05, 0.1) is 5.69 Å². The van der Waals surface area contributed by atoms with E-state index in [9.17, 15) is 0 Å². The van der Waals surface area contributed by atoms with Crippen molar-refractivity contribution in [2.45, 2.75) is 6.92 Å². The lowest BCUT2D eigenvalue weighted by Gasteiger charge is -2.00. The summed E-state index contributed by atoms with van der Waals surface area (Å²) in [5.74, 6) is 6.19. The first kappa shape index (κ1) is 10.3. The lowest BCUT2D eigenvalue weighted by molar-refractivity contribution is 1.45. The molecule has 0 aromatic heterocycles. The van der Waals surface area contributed by atoms with Gasteiger partial charge >= 0.3 is 0 Å². The molecule has 2 aromatic carbocycles. The zero-order valence-electron chi connectivity index (χ0n) is 9.20. The van der Waals surface area contributed by atoms with Gasteiger partial charge < -0.3 is 5.73 Å². The summed E-state index contributed by atoms with van der Waals surface area (Å²) < 4.78 is 0. The summed E-state index contributed by atoms with van der Waals surface area (Å²) in [7, 11) is 0. The number of aryl methyl sites for hydroxylation is 1. The van der Waals surface area contributed by atoms with E-state index >= 15 is 0 Å². The van der Waals surface area contributed by atoms with Crippen molar-refractivity contribution in [3.05, 3.63) is 65.2 Å². The summed E-state index contributed by atoms with van der Waals surface area (Å²) in [6.45, 7) is 1.99. The maximum absolute atomic E-state index is 5.94. The summed E-state index contributed by atoms with van der Waals surface area (Å²) in [6.07, 6.45) is 0. The molecule has 0 saturated carbocycles. The molecule has 0 unspecified atom stereocenters. The van der Waals surface area contributed by atoms with Crippen molar-refractivity contribution in [3.8, 4) is 11.8 Å². The number of anilines is 1. The third-order valence-corrected chi connectivity index (χ3v) is 2.44. The first-order chi connectivity index (χ1) is 7.77. The monoisotopic (exact) mass is 207 g/mol. The van der Waals surface area contributed by atoms with Crippen LogP contribution in [0.5, 0.6) is 0 Å². The molecule has 0 bridgehead atoms. The molecule has 0 amide bonds. The lowest BCUT2D eigenvalue weighted by Crippen LogP contribution is -1.93. The average Bonchev–Trinajstić information content (AvgIpc) is 2.32. The Morgan fingerprint density at radius 1 is 0.875 bits per heavy atom. The SMILES string of the molecule is Cc1cccc(C#Cc2ccccc2)c1N. The van der Waals surface area contributed by atoms with Crippen molar-refractivity contribution < 1.29 is 0 Å². The molecule has 0 aliphatic carbocycles. The van der Waals surface area contributed by atoms with Crippen molar-refractivity contribution in [1.82, 2.24) is 0 Å². The van der Waals surface area contributed by atoms with Crippen LogP contribution < -0.4 is 5.73 Å². The molecule has 0 fully saturated rings. The third kappa shape index (κ3) is 2.24. The zero-order chi connectivity index (χ0) is 11.4. The third-order valence-electron chi connectivity index (χ3n) is 2.44. The molecule has 1 heteroatoms.